The number of aromatic nitrogens is 3. The van der Waals surface area contributed by atoms with E-state index in [2.05, 4.69) is 15.4 Å². The van der Waals surface area contributed by atoms with Crippen molar-refractivity contribution in [1.82, 2.24) is 14.8 Å². The summed E-state index contributed by atoms with van der Waals surface area (Å²) in [5.41, 5.74) is 0. The van der Waals surface area contributed by atoms with Crippen LogP contribution >= 0.6 is 22.9 Å². The van der Waals surface area contributed by atoms with Gasteiger partial charge in [0.1, 0.15) is 5.15 Å². The van der Waals surface area contributed by atoms with Gasteiger partial charge in [0.15, 0.2) is 10.9 Å². The molecule has 2 rings (SSSR count). The van der Waals surface area contributed by atoms with Gasteiger partial charge in [-0.15, -0.1) is 11.3 Å². The minimum absolute atomic E-state index is 0.503. The summed E-state index contributed by atoms with van der Waals surface area (Å²) in [4.78, 5) is 4.04. The lowest BCUT2D eigenvalue weighted by molar-refractivity contribution is 0.771. The van der Waals surface area contributed by atoms with Gasteiger partial charge in [-0.2, -0.15) is 5.10 Å². The number of rotatable bonds is 2. The molecule has 2 heterocycles. The van der Waals surface area contributed by atoms with E-state index in [0.29, 0.717) is 5.15 Å². The lowest BCUT2D eigenvalue weighted by atomic mass is 10.6. The number of aryl methyl sites for hydroxylation is 1. The van der Waals surface area contributed by atoms with Crippen molar-refractivity contribution >= 4 is 33.9 Å². The molecule has 0 aliphatic rings. The zero-order valence-electron chi connectivity index (χ0n) is 6.86. The second kappa shape index (κ2) is 3.35. The van der Waals surface area contributed by atoms with Crippen LogP contribution < -0.4 is 5.32 Å². The Morgan fingerprint density at radius 3 is 3.00 bits per heavy atom. The Bertz CT molecular complexity index is 370. The van der Waals surface area contributed by atoms with Crippen molar-refractivity contribution < 1.29 is 0 Å². The molecule has 68 valence electrons. The lowest BCUT2D eigenvalue weighted by Crippen LogP contribution is -1.92. The molecule has 0 saturated carbocycles. The highest BCUT2D eigenvalue weighted by Gasteiger charge is 2.01. The smallest absolute Gasteiger partial charge is 0.189 e. The number of hydrogen-bond donors (Lipinski definition) is 1. The molecule has 0 aromatic carbocycles. The van der Waals surface area contributed by atoms with Crippen molar-refractivity contribution in [3.8, 4) is 0 Å². The van der Waals surface area contributed by atoms with E-state index in [0.717, 1.165) is 10.9 Å². The summed E-state index contributed by atoms with van der Waals surface area (Å²) < 4.78 is 1.72. The minimum Gasteiger partial charge on any atom is -0.315 e. The number of nitrogens with zero attached hydrogens (tertiary/aromatic N) is 3. The van der Waals surface area contributed by atoms with Crippen molar-refractivity contribution in [2.75, 3.05) is 5.32 Å². The molecule has 4 nitrogen and oxygen atoms in total. The zero-order chi connectivity index (χ0) is 9.26. The molecule has 0 spiro atoms. The van der Waals surface area contributed by atoms with Gasteiger partial charge in [0.05, 0.1) is 0 Å². The van der Waals surface area contributed by atoms with E-state index in [1.807, 2.05) is 19.3 Å². The third-order valence-corrected chi connectivity index (χ3v) is 2.51. The first-order chi connectivity index (χ1) is 6.24. The average molecular weight is 215 g/mol. The Kier molecular flexibility index (Phi) is 2.20. The quantitative estimate of drug-likeness (QED) is 0.834. The molecule has 0 unspecified atom stereocenters. The van der Waals surface area contributed by atoms with Crippen molar-refractivity contribution in [3.63, 3.8) is 0 Å². The second-order valence-electron chi connectivity index (χ2n) is 2.48. The molecule has 0 aliphatic carbocycles. The molecule has 0 amide bonds. The SMILES string of the molecule is Cn1ccc(Nc2nc(Cl)cs2)n1. The Hall–Kier alpha value is -1.07. The molecule has 0 radical (unpaired) electrons. The largest absolute Gasteiger partial charge is 0.315 e. The zero-order valence-corrected chi connectivity index (χ0v) is 8.43. The van der Waals surface area contributed by atoms with Crippen LogP contribution in [0.3, 0.4) is 0 Å². The molecular weight excluding hydrogens is 208 g/mol. The molecule has 0 atom stereocenters. The number of nitrogens with one attached hydrogen (secondary N) is 1. The van der Waals surface area contributed by atoms with E-state index < -0.39 is 0 Å². The summed E-state index contributed by atoms with van der Waals surface area (Å²) in [5, 5.41) is 10.2. The highest BCUT2D eigenvalue weighted by atomic mass is 35.5. The van der Waals surface area contributed by atoms with Gasteiger partial charge >= 0.3 is 0 Å². The highest BCUT2D eigenvalue weighted by Crippen LogP contribution is 2.21. The fraction of sp³-hybridized carbons (Fsp3) is 0.143. The first kappa shape index (κ1) is 8.52. The fourth-order valence-electron chi connectivity index (χ4n) is 0.903. The van der Waals surface area contributed by atoms with E-state index in [-0.39, 0.29) is 0 Å². The number of anilines is 2. The Labute approximate surface area is 84.2 Å². The molecule has 0 saturated heterocycles. The fourth-order valence-corrected chi connectivity index (χ4v) is 1.75. The summed E-state index contributed by atoms with van der Waals surface area (Å²) in [5.74, 6) is 0.772. The van der Waals surface area contributed by atoms with Crippen molar-refractivity contribution in [1.29, 1.82) is 0 Å². The van der Waals surface area contributed by atoms with Gasteiger partial charge in [-0.1, -0.05) is 11.6 Å². The van der Waals surface area contributed by atoms with Crippen LogP contribution in [0.4, 0.5) is 10.9 Å². The monoisotopic (exact) mass is 214 g/mol. The summed E-state index contributed by atoms with van der Waals surface area (Å²) in [6.45, 7) is 0. The van der Waals surface area contributed by atoms with E-state index in [9.17, 15) is 0 Å². The number of hydrogen-bond acceptors (Lipinski definition) is 4. The molecule has 1 N–H and O–H groups in total. The first-order valence-electron chi connectivity index (χ1n) is 3.62. The van der Waals surface area contributed by atoms with Crippen LogP contribution in [0.5, 0.6) is 0 Å². The van der Waals surface area contributed by atoms with Crippen LogP contribution in [-0.2, 0) is 7.05 Å². The van der Waals surface area contributed by atoms with Crippen LogP contribution in [0, 0.1) is 0 Å². The topological polar surface area (TPSA) is 42.7 Å². The molecule has 0 aliphatic heterocycles. The van der Waals surface area contributed by atoms with Crippen molar-refractivity contribution in [3.05, 3.63) is 22.8 Å². The van der Waals surface area contributed by atoms with Gasteiger partial charge in [0.25, 0.3) is 0 Å². The summed E-state index contributed by atoms with van der Waals surface area (Å²) in [6, 6.07) is 1.87. The third kappa shape index (κ3) is 1.99. The van der Waals surface area contributed by atoms with Crippen LogP contribution in [0.1, 0.15) is 0 Å². The predicted octanol–water partition coefficient (Wildman–Crippen LogP) is 2.27. The molecule has 0 fully saturated rings. The van der Waals surface area contributed by atoms with Crippen LogP contribution in [0.2, 0.25) is 5.15 Å². The Morgan fingerprint density at radius 2 is 2.46 bits per heavy atom. The Balaban J connectivity index is 2.14. The molecule has 2 aromatic heterocycles. The van der Waals surface area contributed by atoms with Gasteiger partial charge in [-0.05, 0) is 0 Å². The number of halogens is 1. The molecule has 13 heavy (non-hydrogen) atoms. The molecule has 2 aromatic rings. The molecule has 0 bridgehead atoms. The van der Waals surface area contributed by atoms with Crippen LogP contribution in [0.15, 0.2) is 17.6 Å². The highest BCUT2D eigenvalue weighted by molar-refractivity contribution is 7.14. The predicted molar refractivity (Wildman–Crippen MR) is 53.6 cm³/mol. The van der Waals surface area contributed by atoms with Gasteiger partial charge in [-0.25, -0.2) is 4.98 Å². The van der Waals surface area contributed by atoms with E-state index in [1.165, 1.54) is 11.3 Å². The standard InChI is InChI=1S/C7H7ClN4S/c1-12-3-2-6(11-12)10-7-9-5(8)4-13-7/h2-4H,1H3,(H,9,10,11). The maximum absolute atomic E-state index is 5.67. The van der Waals surface area contributed by atoms with Crippen molar-refractivity contribution in [2.24, 2.45) is 7.05 Å². The maximum Gasteiger partial charge on any atom is 0.189 e. The van der Waals surface area contributed by atoms with Crippen LogP contribution in [0.25, 0.3) is 0 Å². The van der Waals surface area contributed by atoms with Gasteiger partial charge in [-0.3, -0.25) is 4.68 Å². The average Bonchev–Trinajstić information content (AvgIpc) is 2.62. The van der Waals surface area contributed by atoms with Gasteiger partial charge in [0, 0.05) is 24.7 Å². The van der Waals surface area contributed by atoms with Gasteiger partial charge in [0.2, 0.25) is 0 Å². The first-order valence-corrected chi connectivity index (χ1v) is 4.87. The van der Waals surface area contributed by atoms with E-state index in [4.69, 9.17) is 11.6 Å². The maximum atomic E-state index is 5.67. The summed E-state index contributed by atoms with van der Waals surface area (Å²) in [7, 11) is 1.86. The van der Waals surface area contributed by atoms with Crippen LogP contribution in [-0.4, -0.2) is 14.8 Å². The van der Waals surface area contributed by atoms with E-state index >= 15 is 0 Å². The summed E-state index contributed by atoms with van der Waals surface area (Å²) in [6.07, 6.45) is 1.86. The molecular formula is C7H7ClN4S. The Morgan fingerprint density at radius 1 is 1.62 bits per heavy atom. The third-order valence-electron chi connectivity index (χ3n) is 1.42. The van der Waals surface area contributed by atoms with Crippen molar-refractivity contribution in [2.45, 2.75) is 0 Å². The second-order valence-corrected chi connectivity index (χ2v) is 3.72. The minimum atomic E-state index is 0.503. The normalized spacial score (nSPS) is 10.3. The molecule has 6 heteroatoms. The van der Waals surface area contributed by atoms with Gasteiger partial charge < -0.3 is 5.32 Å². The number of thiazole rings is 1. The summed E-state index contributed by atoms with van der Waals surface area (Å²) >= 11 is 7.12. The van der Waals surface area contributed by atoms with E-state index in [1.54, 1.807) is 10.1 Å². The lowest BCUT2D eigenvalue weighted by Gasteiger charge is -1.94.